The lowest BCUT2D eigenvalue weighted by Gasteiger charge is -2.13. The van der Waals surface area contributed by atoms with Crippen LogP contribution < -0.4 is 5.56 Å². The number of halogens is 1. The molecule has 0 amide bonds. The minimum Gasteiger partial charge on any atom is -0.292 e. The first-order valence-corrected chi connectivity index (χ1v) is 10.3. The van der Waals surface area contributed by atoms with E-state index in [9.17, 15) is 9.59 Å². The molecule has 2 aromatic heterocycles. The molecule has 0 N–H and O–H groups in total. The first-order chi connectivity index (χ1) is 13.1. The van der Waals surface area contributed by atoms with Crippen LogP contribution in [0, 0.1) is 0 Å². The fourth-order valence-electron chi connectivity index (χ4n) is 2.67. The van der Waals surface area contributed by atoms with E-state index in [1.807, 2.05) is 23.6 Å². The van der Waals surface area contributed by atoms with Gasteiger partial charge in [-0.05, 0) is 47.8 Å². The molecule has 134 valence electrons. The van der Waals surface area contributed by atoms with E-state index >= 15 is 0 Å². The van der Waals surface area contributed by atoms with Gasteiger partial charge in [0, 0.05) is 5.02 Å². The number of aromatic nitrogens is 2. The summed E-state index contributed by atoms with van der Waals surface area (Å²) in [5.41, 5.74) is 1.10. The molecule has 4 nitrogen and oxygen atoms in total. The second-order valence-electron chi connectivity index (χ2n) is 5.72. The largest absolute Gasteiger partial charge is 0.292 e. The molecule has 4 rings (SSSR count). The molecule has 0 saturated carbocycles. The van der Waals surface area contributed by atoms with E-state index in [2.05, 4.69) is 4.98 Å². The van der Waals surface area contributed by atoms with Crippen molar-refractivity contribution in [2.24, 2.45) is 0 Å². The van der Waals surface area contributed by atoms with E-state index in [1.54, 1.807) is 42.5 Å². The molecule has 2 heterocycles. The minimum absolute atomic E-state index is 0.0139. The number of para-hydroxylation sites is 1. The SMILES string of the molecule is O=C(CSc1nc2ccccc2c(=O)n1-c1ccc(Cl)cc1)c1cccs1. The zero-order valence-electron chi connectivity index (χ0n) is 14.0. The predicted molar refractivity (Wildman–Crippen MR) is 112 cm³/mol. The summed E-state index contributed by atoms with van der Waals surface area (Å²) in [6.07, 6.45) is 0. The van der Waals surface area contributed by atoms with Crippen LogP contribution in [0.5, 0.6) is 0 Å². The number of ketones is 1. The van der Waals surface area contributed by atoms with E-state index in [-0.39, 0.29) is 17.1 Å². The molecule has 0 unspecified atom stereocenters. The minimum atomic E-state index is -0.172. The Morgan fingerprint density at radius 3 is 2.59 bits per heavy atom. The molecule has 0 aliphatic carbocycles. The summed E-state index contributed by atoms with van der Waals surface area (Å²) >= 11 is 8.65. The highest BCUT2D eigenvalue weighted by Crippen LogP contribution is 2.24. The maximum Gasteiger partial charge on any atom is 0.266 e. The van der Waals surface area contributed by atoms with E-state index in [1.165, 1.54) is 27.7 Å². The van der Waals surface area contributed by atoms with E-state index < -0.39 is 0 Å². The number of fused-ring (bicyclic) bond motifs is 1. The molecule has 27 heavy (non-hydrogen) atoms. The van der Waals surface area contributed by atoms with Gasteiger partial charge < -0.3 is 0 Å². The van der Waals surface area contributed by atoms with Crippen molar-refractivity contribution in [3.8, 4) is 5.69 Å². The predicted octanol–water partition coefficient (Wildman–Crippen LogP) is 5.08. The molecule has 0 aliphatic heterocycles. The standard InChI is InChI=1S/C20H13ClN2O2S2/c21-13-7-9-14(10-8-13)23-19(25)15-4-1-2-5-16(15)22-20(23)27-12-17(24)18-6-3-11-26-18/h1-11H,12H2. The third-order valence-corrected chi connectivity index (χ3v) is 6.06. The van der Waals surface area contributed by atoms with Gasteiger partial charge in [0.2, 0.25) is 0 Å². The highest BCUT2D eigenvalue weighted by Gasteiger charge is 2.15. The van der Waals surface area contributed by atoms with Gasteiger partial charge in [0.25, 0.3) is 5.56 Å². The molecule has 0 atom stereocenters. The number of carbonyl (C=O) groups is 1. The average molecular weight is 413 g/mol. The Morgan fingerprint density at radius 2 is 1.85 bits per heavy atom. The van der Waals surface area contributed by atoms with Gasteiger partial charge in [-0.2, -0.15) is 0 Å². The van der Waals surface area contributed by atoms with Crippen molar-refractivity contribution in [2.75, 3.05) is 5.75 Å². The zero-order valence-corrected chi connectivity index (χ0v) is 16.4. The summed E-state index contributed by atoms with van der Waals surface area (Å²) < 4.78 is 1.53. The number of nitrogens with zero attached hydrogens (tertiary/aromatic N) is 2. The van der Waals surface area contributed by atoms with Crippen molar-refractivity contribution in [1.82, 2.24) is 9.55 Å². The molecule has 0 saturated heterocycles. The highest BCUT2D eigenvalue weighted by molar-refractivity contribution is 7.99. The van der Waals surface area contributed by atoms with Crippen LogP contribution in [0.15, 0.2) is 76.0 Å². The smallest absolute Gasteiger partial charge is 0.266 e. The summed E-state index contributed by atoms with van der Waals surface area (Å²) in [6.45, 7) is 0. The second kappa shape index (κ2) is 7.68. The third kappa shape index (κ3) is 3.69. The van der Waals surface area contributed by atoms with Crippen LogP contribution in [0.4, 0.5) is 0 Å². The fraction of sp³-hybridized carbons (Fsp3) is 0.0500. The van der Waals surface area contributed by atoms with Gasteiger partial charge in [-0.15, -0.1) is 11.3 Å². The van der Waals surface area contributed by atoms with Crippen LogP contribution in [0.3, 0.4) is 0 Å². The van der Waals surface area contributed by atoms with E-state index in [0.717, 1.165) is 0 Å². The topological polar surface area (TPSA) is 52.0 Å². The van der Waals surface area contributed by atoms with Gasteiger partial charge in [-0.1, -0.05) is 41.6 Å². The first kappa shape index (κ1) is 18.0. The van der Waals surface area contributed by atoms with Crippen LogP contribution >= 0.6 is 34.7 Å². The second-order valence-corrected chi connectivity index (χ2v) is 8.04. The van der Waals surface area contributed by atoms with Crippen molar-refractivity contribution in [2.45, 2.75) is 5.16 Å². The molecular weight excluding hydrogens is 400 g/mol. The maximum absolute atomic E-state index is 13.1. The quantitative estimate of drug-likeness (QED) is 0.261. The summed E-state index contributed by atoms with van der Waals surface area (Å²) in [6, 6.07) is 17.8. The zero-order chi connectivity index (χ0) is 18.8. The number of rotatable bonds is 5. The Morgan fingerprint density at radius 1 is 1.07 bits per heavy atom. The summed E-state index contributed by atoms with van der Waals surface area (Å²) in [5, 5.41) is 3.46. The number of thioether (sulfide) groups is 1. The average Bonchev–Trinajstić information content (AvgIpc) is 3.22. The maximum atomic E-state index is 13.1. The van der Waals surface area contributed by atoms with Crippen LogP contribution in [0.25, 0.3) is 16.6 Å². The number of Topliss-reactive ketones (excluding diaryl/α,β-unsaturated/α-hetero) is 1. The van der Waals surface area contributed by atoms with Gasteiger partial charge in [0.1, 0.15) is 0 Å². The van der Waals surface area contributed by atoms with Crippen LogP contribution in [-0.2, 0) is 0 Å². The molecular formula is C20H13ClN2O2S2. The van der Waals surface area contributed by atoms with Crippen LogP contribution in [-0.4, -0.2) is 21.1 Å². The Hall–Kier alpha value is -2.41. The van der Waals surface area contributed by atoms with E-state index in [4.69, 9.17) is 11.6 Å². The lowest BCUT2D eigenvalue weighted by atomic mass is 10.2. The Kier molecular flexibility index (Phi) is 5.11. The van der Waals surface area contributed by atoms with Crippen LogP contribution in [0.2, 0.25) is 5.02 Å². The number of benzene rings is 2. The highest BCUT2D eigenvalue weighted by atomic mass is 35.5. The normalized spacial score (nSPS) is 11.0. The Labute approximate surface area is 168 Å². The van der Waals surface area contributed by atoms with Crippen molar-refractivity contribution < 1.29 is 4.79 Å². The van der Waals surface area contributed by atoms with Crippen LogP contribution in [0.1, 0.15) is 9.67 Å². The monoisotopic (exact) mass is 412 g/mol. The molecule has 2 aromatic carbocycles. The molecule has 0 spiro atoms. The molecule has 0 aliphatic rings. The Balaban J connectivity index is 1.80. The van der Waals surface area contributed by atoms with Crippen molar-refractivity contribution in [3.05, 3.63) is 86.3 Å². The molecule has 0 fully saturated rings. The van der Waals surface area contributed by atoms with Gasteiger partial charge in [0.05, 0.1) is 27.2 Å². The summed E-state index contributed by atoms with van der Waals surface area (Å²) in [5.74, 6) is 0.221. The third-order valence-electron chi connectivity index (χ3n) is 3.96. The lowest BCUT2D eigenvalue weighted by molar-refractivity contribution is 0.102. The van der Waals surface area contributed by atoms with Crippen molar-refractivity contribution in [3.63, 3.8) is 0 Å². The number of hydrogen-bond donors (Lipinski definition) is 0. The number of carbonyl (C=O) groups excluding carboxylic acids is 1. The van der Waals surface area contributed by atoms with Gasteiger partial charge in [0.15, 0.2) is 10.9 Å². The summed E-state index contributed by atoms with van der Waals surface area (Å²) in [4.78, 5) is 30.8. The van der Waals surface area contributed by atoms with Gasteiger partial charge in [-0.3, -0.25) is 14.2 Å². The molecule has 0 bridgehead atoms. The fourth-order valence-corrected chi connectivity index (χ4v) is 4.44. The van der Waals surface area contributed by atoms with Crippen molar-refractivity contribution >= 4 is 51.4 Å². The van der Waals surface area contributed by atoms with E-state index in [0.29, 0.717) is 31.6 Å². The molecule has 7 heteroatoms. The van der Waals surface area contributed by atoms with Gasteiger partial charge >= 0.3 is 0 Å². The molecule has 0 radical (unpaired) electrons. The Bertz CT molecular complexity index is 1170. The molecule has 4 aromatic rings. The van der Waals surface area contributed by atoms with Gasteiger partial charge in [-0.25, -0.2) is 4.98 Å². The summed E-state index contributed by atoms with van der Waals surface area (Å²) in [7, 11) is 0. The first-order valence-electron chi connectivity index (χ1n) is 8.11. The number of thiophene rings is 1. The number of hydrogen-bond acceptors (Lipinski definition) is 5. The lowest BCUT2D eigenvalue weighted by Crippen LogP contribution is -2.22. The van der Waals surface area contributed by atoms with Crippen molar-refractivity contribution in [1.29, 1.82) is 0 Å².